The molecule has 3 N–H and O–H groups in total. The van der Waals surface area contributed by atoms with Crippen molar-refractivity contribution in [1.82, 2.24) is 5.32 Å². The van der Waals surface area contributed by atoms with Gasteiger partial charge < -0.3 is 20.3 Å². The lowest BCUT2D eigenvalue weighted by Crippen LogP contribution is -2.45. The second-order valence-corrected chi connectivity index (χ2v) is 17.8. The van der Waals surface area contributed by atoms with Crippen molar-refractivity contribution in [3.8, 4) is 0 Å². The van der Waals surface area contributed by atoms with Gasteiger partial charge in [-0.2, -0.15) is 0 Å². The number of hydrogen-bond donors (Lipinski definition) is 3. The van der Waals surface area contributed by atoms with Crippen molar-refractivity contribution in [3.05, 3.63) is 36.5 Å². The molecule has 0 saturated carbocycles. The molecule has 6 nitrogen and oxygen atoms in total. The van der Waals surface area contributed by atoms with Crippen LogP contribution in [-0.4, -0.2) is 47.4 Å². The third-order valence-electron chi connectivity index (χ3n) is 11.9. The molecule has 0 aromatic rings. The van der Waals surface area contributed by atoms with Crippen LogP contribution >= 0.6 is 0 Å². The van der Waals surface area contributed by atoms with Gasteiger partial charge in [-0.25, -0.2) is 0 Å². The largest absolute Gasteiger partial charge is 0.466 e. The summed E-state index contributed by atoms with van der Waals surface area (Å²) in [6.07, 6.45) is 60.0. The molecule has 0 aromatic heterocycles. The zero-order valence-electron chi connectivity index (χ0n) is 39.9. The highest BCUT2D eigenvalue weighted by Gasteiger charge is 2.18. The number of allylic oxidation sites excluding steroid dienone is 5. The summed E-state index contributed by atoms with van der Waals surface area (Å²) in [6, 6.07) is -0.637. The topological polar surface area (TPSA) is 95.9 Å². The van der Waals surface area contributed by atoms with Crippen LogP contribution in [0.3, 0.4) is 0 Å². The highest BCUT2D eigenvalue weighted by Crippen LogP contribution is 2.15. The monoisotopic (exact) mass is 844 g/mol. The minimum Gasteiger partial charge on any atom is -0.466 e. The molecule has 0 bridgehead atoms. The van der Waals surface area contributed by atoms with Crippen LogP contribution in [0.2, 0.25) is 0 Å². The standard InChI is InChI=1S/C54H101NO5/c1-3-5-7-9-11-13-15-16-23-27-30-34-38-42-46-52(57)51(50-56)55-53(58)47-43-39-35-31-28-24-21-19-17-18-20-22-25-29-33-37-41-45-49-60-54(59)48-44-40-36-32-26-14-12-10-8-6-4-2/h10,12,19,21,42,46,51-52,56-57H,3-9,11,13-18,20,22-41,43-45,47-50H2,1-2H3,(H,55,58)/b12-10-,21-19-,46-42+. The molecule has 0 saturated heterocycles. The summed E-state index contributed by atoms with van der Waals surface area (Å²) < 4.78 is 5.44. The number of unbranched alkanes of at least 4 members (excludes halogenated alkanes) is 33. The van der Waals surface area contributed by atoms with Crippen LogP contribution in [0.5, 0.6) is 0 Å². The Morgan fingerprint density at radius 3 is 1.23 bits per heavy atom. The molecular weight excluding hydrogens is 743 g/mol. The van der Waals surface area contributed by atoms with Gasteiger partial charge in [-0.15, -0.1) is 0 Å². The van der Waals surface area contributed by atoms with Gasteiger partial charge in [0.25, 0.3) is 0 Å². The summed E-state index contributed by atoms with van der Waals surface area (Å²) in [5.41, 5.74) is 0. The van der Waals surface area contributed by atoms with E-state index >= 15 is 0 Å². The van der Waals surface area contributed by atoms with E-state index in [4.69, 9.17) is 4.74 Å². The van der Waals surface area contributed by atoms with Crippen LogP contribution in [0, 0.1) is 0 Å². The number of hydrogen-bond acceptors (Lipinski definition) is 5. The molecule has 0 aliphatic carbocycles. The van der Waals surface area contributed by atoms with E-state index in [0.717, 1.165) is 64.2 Å². The third-order valence-corrected chi connectivity index (χ3v) is 11.9. The highest BCUT2D eigenvalue weighted by atomic mass is 16.5. The second-order valence-electron chi connectivity index (χ2n) is 17.8. The number of carbonyl (C=O) groups excluding carboxylic acids is 2. The summed E-state index contributed by atoms with van der Waals surface area (Å²) in [6.45, 7) is 4.84. The van der Waals surface area contributed by atoms with E-state index in [0.29, 0.717) is 19.4 Å². The molecule has 0 radical (unpaired) electrons. The molecule has 6 heteroatoms. The molecule has 0 aromatic carbocycles. The van der Waals surface area contributed by atoms with Crippen LogP contribution in [0.15, 0.2) is 36.5 Å². The fourth-order valence-corrected chi connectivity index (χ4v) is 7.78. The number of rotatable bonds is 48. The average Bonchev–Trinajstić information content (AvgIpc) is 3.25. The normalized spacial score (nSPS) is 12.9. The molecule has 0 aliphatic rings. The molecule has 0 rings (SSSR count). The molecule has 352 valence electrons. The Balaban J connectivity index is 3.50. The number of ether oxygens (including phenoxy) is 1. The van der Waals surface area contributed by atoms with Gasteiger partial charge in [-0.05, 0) is 77.0 Å². The smallest absolute Gasteiger partial charge is 0.305 e. The number of amides is 1. The van der Waals surface area contributed by atoms with Gasteiger partial charge in [-0.3, -0.25) is 9.59 Å². The van der Waals surface area contributed by atoms with Crippen molar-refractivity contribution in [2.24, 2.45) is 0 Å². The molecule has 1 amide bonds. The number of nitrogens with one attached hydrogen (secondary N) is 1. The maximum absolute atomic E-state index is 12.4. The average molecular weight is 844 g/mol. The Bertz CT molecular complexity index is 977. The first-order chi connectivity index (χ1) is 29.5. The lowest BCUT2D eigenvalue weighted by molar-refractivity contribution is -0.143. The van der Waals surface area contributed by atoms with Crippen LogP contribution in [0.4, 0.5) is 0 Å². The Kier molecular flexibility index (Phi) is 48.1. The predicted octanol–water partition coefficient (Wildman–Crippen LogP) is 15.7. The zero-order chi connectivity index (χ0) is 43.7. The van der Waals surface area contributed by atoms with Crippen molar-refractivity contribution in [3.63, 3.8) is 0 Å². The molecule has 0 heterocycles. The van der Waals surface area contributed by atoms with E-state index < -0.39 is 12.1 Å². The van der Waals surface area contributed by atoms with Crippen LogP contribution in [0.25, 0.3) is 0 Å². The Hall–Kier alpha value is -1.92. The third kappa shape index (κ3) is 45.6. The Labute approximate surface area is 373 Å². The van der Waals surface area contributed by atoms with Crippen LogP contribution < -0.4 is 5.32 Å². The lowest BCUT2D eigenvalue weighted by Gasteiger charge is -2.20. The molecular formula is C54H101NO5. The van der Waals surface area contributed by atoms with E-state index in [9.17, 15) is 19.8 Å². The van der Waals surface area contributed by atoms with Crippen molar-refractivity contribution in [2.75, 3.05) is 13.2 Å². The van der Waals surface area contributed by atoms with E-state index in [2.05, 4.69) is 43.5 Å². The first-order valence-corrected chi connectivity index (χ1v) is 26.3. The van der Waals surface area contributed by atoms with Gasteiger partial charge in [0.15, 0.2) is 0 Å². The van der Waals surface area contributed by atoms with E-state index in [1.165, 1.54) is 180 Å². The van der Waals surface area contributed by atoms with Gasteiger partial charge in [0.1, 0.15) is 0 Å². The minimum atomic E-state index is -0.852. The molecule has 0 fully saturated rings. The number of esters is 1. The van der Waals surface area contributed by atoms with Crippen LogP contribution in [0.1, 0.15) is 271 Å². The summed E-state index contributed by atoms with van der Waals surface area (Å²) in [4.78, 5) is 24.4. The van der Waals surface area contributed by atoms with Gasteiger partial charge in [0.05, 0.1) is 25.4 Å². The highest BCUT2D eigenvalue weighted by molar-refractivity contribution is 5.76. The summed E-state index contributed by atoms with van der Waals surface area (Å²) >= 11 is 0. The second kappa shape index (κ2) is 49.7. The molecule has 2 unspecified atom stereocenters. The molecule has 0 spiro atoms. The van der Waals surface area contributed by atoms with E-state index in [1.807, 2.05) is 6.08 Å². The van der Waals surface area contributed by atoms with Crippen LogP contribution in [-0.2, 0) is 14.3 Å². The number of aliphatic hydroxyl groups excluding tert-OH is 2. The lowest BCUT2D eigenvalue weighted by atomic mass is 10.0. The van der Waals surface area contributed by atoms with Crippen molar-refractivity contribution in [1.29, 1.82) is 0 Å². The van der Waals surface area contributed by atoms with Gasteiger partial charge in [0.2, 0.25) is 5.91 Å². The van der Waals surface area contributed by atoms with Gasteiger partial charge in [0, 0.05) is 12.8 Å². The van der Waals surface area contributed by atoms with Crippen molar-refractivity contribution < 1.29 is 24.5 Å². The SMILES string of the molecule is CCCC/C=C\CCCCCCCC(=O)OCCCCCCCCCCC/C=C\CCCCCCCC(=O)NC(CO)C(O)/C=C/CCCCCCCCCCCCCC. The molecule has 0 aliphatic heterocycles. The van der Waals surface area contributed by atoms with E-state index in [-0.39, 0.29) is 18.5 Å². The molecule has 2 atom stereocenters. The zero-order valence-corrected chi connectivity index (χ0v) is 39.9. The van der Waals surface area contributed by atoms with Crippen molar-refractivity contribution >= 4 is 11.9 Å². The van der Waals surface area contributed by atoms with Gasteiger partial charge in [-0.1, -0.05) is 217 Å². The van der Waals surface area contributed by atoms with Gasteiger partial charge >= 0.3 is 5.97 Å². The summed E-state index contributed by atoms with van der Waals surface area (Å²) in [7, 11) is 0. The first kappa shape index (κ1) is 58.1. The fourth-order valence-electron chi connectivity index (χ4n) is 7.78. The first-order valence-electron chi connectivity index (χ1n) is 26.3. The Morgan fingerprint density at radius 1 is 0.450 bits per heavy atom. The maximum atomic E-state index is 12.4. The summed E-state index contributed by atoms with van der Waals surface area (Å²) in [5.74, 6) is -0.0928. The predicted molar refractivity (Wildman–Crippen MR) is 259 cm³/mol. The van der Waals surface area contributed by atoms with E-state index in [1.54, 1.807) is 6.08 Å². The summed E-state index contributed by atoms with van der Waals surface area (Å²) in [5, 5.41) is 23.0. The minimum absolute atomic E-state index is 0.00964. The number of carbonyl (C=O) groups is 2. The molecule has 60 heavy (non-hydrogen) atoms. The Morgan fingerprint density at radius 2 is 0.800 bits per heavy atom. The maximum Gasteiger partial charge on any atom is 0.305 e. The number of aliphatic hydroxyl groups is 2. The fraction of sp³-hybridized carbons (Fsp3) is 0.852. The quantitative estimate of drug-likeness (QED) is 0.0322. The van der Waals surface area contributed by atoms with Crippen molar-refractivity contribution in [2.45, 2.75) is 283 Å².